The van der Waals surface area contributed by atoms with Gasteiger partial charge in [0.1, 0.15) is 6.33 Å². The second-order valence-electron chi connectivity index (χ2n) is 2.51. The molecule has 2 nitrogen and oxygen atoms in total. The fraction of sp³-hybridized carbons (Fsp3) is 0.444. The van der Waals surface area contributed by atoms with E-state index in [1.54, 1.807) is 12.5 Å². The monoisotopic (exact) mass is 149 g/mol. The van der Waals surface area contributed by atoms with E-state index in [1.165, 1.54) is 12.8 Å². The normalized spacial score (nSPS) is 9.91. The van der Waals surface area contributed by atoms with Gasteiger partial charge in [0.15, 0.2) is 0 Å². The summed E-state index contributed by atoms with van der Waals surface area (Å²) < 4.78 is 0. The van der Waals surface area contributed by atoms with Crippen LogP contribution in [0.1, 0.15) is 25.0 Å². The van der Waals surface area contributed by atoms with Crippen LogP contribution in [0.2, 0.25) is 0 Å². The third kappa shape index (κ3) is 3.12. The smallest absolute Gasteiger partial charge is 0.115 e. The summed E-state index contributed by atoms with van der Waals surface area (Å²) in [6.45, 7) is 3.78. The predicted molar refractivity (Wildman–Crippen MR) is 44.9 cm³/mol. The van der Waals surface area contributed by atoms with Crippen molar-refractivity contribution in [2.24, 2.45) is 0 Å². The first-order valence-corrected chi connectivity index (χ1v) is 3.97. The standard InChI is InChI=1S/C9H13N2/c1-2-3-4-5-9-6-7-10-8-11-9/h6-8H,1-5H2. The molecule has 0 aromatic carbocycles. The fourth-order valence-corrected chi connectivity index (χ4v) is 0.949. The molecule has 0 spiro atoms. The van der Waals surface area contributed by atoms with Crippen molar-refractivity contribution < 1.29 is 0 Å². The molecule has 0 saturated heterocycles. The van der Waals surface area contributed by atoms with E-state index < -0.39 is 0 Å². The van der Waals surface area contributed by atoms with Gasteiger partial charge < -0.3 is 0 Å². The van der Waals surface area contributed by atoms with Gasteiger partial charge in [-0.2, -0.15) is 0 Å². The SMILES string of the molecule is [CH2]CCCCc1ccncn1. The number of hydrogen-bond acceptors (Lipinski definition) is 2. The van der Waals surface area contributed by atoms with Gasteiger partial charge in [0.2, 0.25) is 0 Å². The topological polar surface area (TPSA) is 25.8 Å². The van der Waals surface area contributed by atoms with Crippen molar-refractivity contribution in [1.82, 2.24) is 9.97 Å². The van der Waals surface area contributed by atoms with Crippen molar-refractivity contribution >= 4 is 0 Å². The molecule has 1 heterocycles. The van der Waals surface area contributed by atoms with E-state index >= 15 is 0 Å². The summed E-state index contributed by atoms with van der Waals surface area (Å²) in [7, 11) is 0. The maximum absolute atomic E-state index is 4.12. The van der Waals surface area contributed by atoms with Crippen LogP contribution in [0.3, 0.4) is 0 Å². The van der Waals surface area contributed by atoms with Crippen molar-refractivity contribution in [3.63, 3.8) is 0 Å². The summed E-state index contributed by atoms with van der Waals surface area (Å²) in [4.78, 5) is 7.97. The number of aryl methyl sites for hydroxylation is 1. The minimum Gasteiger partial charge on any atom is -0.245 e. The molecule has 0 N–H and O–H groups in total. The van der Waals surface area contributed by atoms with Crippen LogP contribution in [0.5, 0.6) is 0 Å². The molecule has 11 heavy (non-hydrogen) atoms. The number of rotatable bonds is 4. The molecule has 59 valence electrons. The molecule has 1 rings (SSSR count). The zero-order chi connectivity index (χ0) is 7.94. The molecule has 1 aromatic heterocycles. The molecule has 0 amide bonds. The molecule has 0 aliphatic carbocycles. The molecule has 0 unspecified atom stereocenters. The molecule has 0 aliphatic rings. The first kappa shape index (κ1) is 8.18. The van der Waals surface area contributed by atoms with Crippen molar-refractivity contribution in [3.05, 3.63) is 31.2 Å². The van der Waals surface area contributed by atoms with Gasteiger partial charge in [-0.1, -0.05) is 19.8 Å². The minimum absolute atomic E-state index is 1.02. The maximum atomic E-state index is 4.12. The lowest BCUT2D eigenvalue weighted by atomic mass is 10.1. The highest BCUT2D eigenvalue weighted by atomic mass is 14.8. The summed E-state index contributed by atoms with van der Waals surface area (Å²) in [5, 5.41) is 0. The van der Waals surface area contributed by atoms with Crippen LogP contribution >= 0.6 is 0 Å². The summed E-state index contributed by atoms with van der Waals surface area (Å²) in [6, 6.07) is 1.96. The predicted octanol–water partition coefficient (Wildman–Crippen LogP) is 2.02. The minimum atomic E-state index is 1.02. The Kier molecular flexibility index (Phi) is 3.59. The molecule has 0 saturated carbocycles. The lowest BCUT2D eigenvalue weighted by Crippen LogP contribution is -1.89. The largest absolute Gasteiger partial charge is 0.245 e. The van der Waals surface area contributed by atoms with E-state index in [2.05, 4.69) is 16.9 Å². The first-order valence-electron chi connectivity index (χ1n) is 3.97. The van der Waals surface area contributed by atoms with E-state index in [0.717, 1.165) is 18.5 Å². The Hall–Kier alpha value is -0.920. The van der Waals surface area contributed by atoms with Crippen LogP contribution in [0.15, 0.2) is 18.6 Å². The number of hydrogen-bond donors (Lipinski definition) is 0. The molecular weight excluding hydrogens is 136 g/mol. The molecule has 1 radical (unpaired) electrons. The lowest BCUT2D eigenvalue weighted by Gasteiger charge is -1.96. The van der Waals surface area contributed by atoms with Gasteiger partial charge >= 0.3 is 0 Å². The van der Waals surface area contributed by atoms with E-state index in [1.807, 2.05) is 6.07 Å². The van der Waals surface area contributed by atoms with Crippen molar-refractivity contribution in [3.8, 4) is 0 Å². The third-order valence-electron chi connectivity index (χ3n) is 1.58. The fourth-order valence-electron chi connectivity index (χ4n) is 0.949. The molecule has 2 heteroatoms. The quantitative estimate of drug-likeness (QED) is 0.612. The molecule has 0 atom stereocenters. The van der Waals surface area contributed by atoms with E-state index in [0.29, 0.717) is 0 Å². The van der Waals surface area contributed by atoms with Gasteiger partial charge in [0, 0.05) is 11.9 Å². The van der Waals surface area contributed by atoms with Crippen LogP contribution in [0, 0.1) is 6.92 Å². The van der Waals surface area contributed by atoms with E-state index in [9.17, 15) is 0 Å². The second-order valence-corrected chi connectivity index (χ2v) is 2.51. The number of unbranched alkanes of at least 4 members (excludes halogenated alkanes) is 2. The average molecular weight is 149 g/mol. The van der Waals surface area contributed by atoms with Gasteiger partial charge in [-0.3, -0.25) is 0 Å². The molecular formula is C9H13N2. The van der Waals surface area contributed by atoms with Crippen LogP contribution in [0.4, 0.5) is 0 Å². The summed E-state index contributed by atoms with van der Waals surface area (Å²) in [5.74, 6) is 0. The summed E-state index contributed by atoms with van der Waals surface area (Å²) in [5.41, 5.74) is 1.13. The molecule has 0 bridgehead atoms. The van der Waals surface area contributed by atoms with Crippen LogP contribution < -0.4 is 0 Å². The van der Waals surface area contributed by atoms with Gasteiger partial charge in [-0.25, -0.2) is 9.97 Å². The zero-order valence-electron chi connectivity index (χ0n) is 6.66. The Bertz CT molecular complexity index is 184. The van der Waals surface area contributed by atoms with Gasteiger partial charge in [0.25, 0.3) is 0 Å². The Morgan fingerprint density at radius 2 is 2.27 bits per heavy atom. The highest BCUT2D eigenvalue weighted by Gasteiger charge is 1.91. The zero-order valence-corrected chi connectivity index (χ0v) is 6.66. The Balaban J connectivity index is 2.28. The second kappa shape index (κ2) is 4.83. The van der Waals surface area contributed by atoms with E-state index in [-0.39, 0.29) is 0 Å². The molecule has 0 aliphatic heterocycles. The van der Waals surface area contributed by atoms with Gasteiger partial charge in [0.05, 0.1) is 0 Å². The van der Waals surface area contributed by atoms with Crippen molar-refractivity contribution in [2.45, 2.75) is 25.7 Å². The lowest BCUT2D eigenvalue weighted by molar-refractivity contribution is 0.731. The third-order valence-corrected chi connectivity index (χ3v) is 1.58. The van der Waals surface area contributed by atoms with Crippen LogP contribution in [0.25, 0.3) is 0 Å². The number of nitrogens with zero attached hydrogens (tertiary/aromatic N) is 2. The first-order chi connectivity index (χ1) is 5.43. The molecule has 0 fully saturated rings. The Morgan fingerprint density at radius 1 is 1.36 bits per heavy atom. The molecule has 1 aromatic rings. The highest BCUT2D eigenvalue weighted by molar-refractivity contribution is 4.97. The van der Waals surface area contributed by atoms with Gasteiger partial charge in [-0.05, 0) is 18.9 Å². The summed E-state index contributed by atoms with van der Waals surface area (Å²) in [6.07, 6.45) is 7.82. The highest BCUT2D eigenvalue weighted by Crippen LogP contribution is 2.01. The van der Waals surface area contributed by atoms with Crippen molar-refractivity contribution in [2.75, 3.05) is 0 Å². The Morgan fingerprint density at radius 3 is 2.91 bits per heavy atom. The van der Waals surface area contributed by atoms with E-state index in [4.69, 9.17) is 0 Å². The maximum Gasteiger partial charge on any atom is 0.115 e. The number of aromatic nitrogens is 2. The average Bonchev–Trinajstić information content (AvgIpc) is 2.07. The van der Waals surface area contributed by atoms with Crippen LogP contribution in [-0.2, 0) is 6.42 Å². The Labute approximate surface area is 67.7 Å². The van der Waals surface area contributed by atoms with Crippen LogP contribution in [-0.4, -0.2) is 9.97 Å². The van der Waals surface area contributed by atoms with Gasteiger partial charge in [-0.15, -0.1) is 0 Å². The summed E-state index contributed by atoms with van der Waals surface area (Å²) >= 11 is 0. The van der Waals surface area contributed by atoms with Crippen molar-refractivity contribution in [1.29, 1.82) is 0 Å².